The van der Waals surface area contributed by atoms with Gasteiger partial charge in [0.1, 0.15) is 22.6 Å². The molecular formula is C25H27Cl4NO4. The minimum Gasteiger partial charge on any atom is -0.494 e. The number of nitrogens with zero attached hydrogens (tertiary/aromatic N) is 1. The van der Waals surface area contributed by atoms with Gasteiger partial charge in [0, 0.05) is 30.8 Å². The van der Waals surface area contributed by atoms with Crippen LogP contribution in [0.15, 0.2) is 47.0 Å². The topological polar surface area (TPSA) is 48.0 Å². The predicted molar refractivity (Wildman–Crippen MR) is 138 cm³/mol. The first-order chi connectivity index (χ1) is 16.4. The van der Waals surface area contributed by atoms with E-state index in [2.05, 4.69) is 0 Å². The van der Waals surface area contributed by atoms with Crippen LogP contribution in [0.2, 0.25) is 10.0 Å². The first kappa shape index (κ1) is 26.8. The van der Waals surface area contributed by atoms with Crippen molar-refractivity contribution in [1.29, 1.82) is 0 Å². The molecule has 184 valence electrons. The molecule has 0 unspecified atom stereocenters. The fourth-order valence-corrected chi connectivity index (χ4v) is 4.20. The fraction of sp³-hybridized carbons (Fsp3) is 0.400. The Morgan fingerprint density at radius 2 is 1.47 bits per heavy atom. The number of hydrogen-bond donors (Lipinski definition) is 0. The summed E-state index contributed by atoms with van der Waals surface area (Å²) in [6, 6.07) is 10.6. The van der Waals surface area contributed by atoms with Crippen LogP contribution in [0.5, 0.6) is 17.2 Å². The summed E-state index contributed by atoms with van der Waals surface area (Å²) in [5.41, 5.74) is 0.701. The van der Waals surface area contributed by atoms with Gasteiger partial charge in [0.2, 0.25) is 0 Å². The number of unbranched alkanes of at least 4 members (excludes halogenated alkanes) is 1. The Balaban J connectivity index is 1.36. The number of halogens is 4. The summed E-state index contributed by atoms with van der Waals surface area (Å²) >= 11 is 23.7. The molecule has 0 saturated carbocycles. The first-order valence-corrected chi connectivity index (χ1v) is 12.7. The highest BCUT2D eigenvalue weighted by atomic mass is 35.5. The molecule has 1 aliphatic rings. The van der Waals surface area contributed by atoms with Gasteiger partial charge >= 0.3 is 0 Å². The normalized spacial score (nSPS) is 13.4. The number of piperidine rings is 1. The van der Waals surface area contributed by atoms with E-state index in [0.29, 0.717) is 40.3 Å². The minimum atomic E-state index is 0.0943. The summed E-state index contributed by atoms with van der Waals surface area (Å²) in [4.78, 5) is 14.5. The molecule has 2 aromatic carbocycles. The van der Waals surface area contributed by atoms with E-state index in [1.54, 1.807) is 12.1 Å². The molecule has 1 amide bonds. The Kier molecular flexibility index (Phi) is 11.0. The molecular weight excluding hydrogens is 520 g/mol. The summed E-state index contributed by atoms with van der Waals surface area (Å²) in [7, 11) is 0. The van der Waals surface area contributed by atoms with E-state index < -0.39 is 0 Å². The Labute approximate surface area is 220 Å². The van der Waals surface area contributed by atoms with Crippen molar-refractivity contribution in [2.45, 2.75) is 32.1 Å². The van der Waals surface area contributed by atoms with Crippen LogP contribution in [0, 0.1) is 0 Å². The van der Waals surface area contributed by atoms with Gasteiger partial charge in [0.15, 0.2) is 5.75 Å². The molecule has 0 spiro atoms. The lowest BCUT2D eigenvalue weighted by Gasteiger charge is -2.26. The van der Waals surface area contributed by atoms with Crippen molar-refractivity contribution in [3.63, 3.8) is 0 Å². The van der Waals surface area contributed by atoms with Crippen LogP contribution in [0.25, 0.3) is 0 Å². The zero-order valence-corrected chi connectivity index (χ0v) is 21.7. The Hall–Kier alpha value is -1.79. The average Bonchev–Trinajstić information content (AvgIpc) is 2.83. The van der Waals surface area contributed by atoms with Gasteiger partial charge in [-0.3, -0.25) is 4.79 Å². The second-order valence-electron chi connectivity index (χ2n) is 7.80. The molecule has 1 fully saturated rings. The molecule has 3 rings (SSSR count). The number of likely N-dealkylation sites (tertiary alicyclic amines) is 1. The van der Waals surface area contributed by atoms with Crippen LogP contribution < -0.4 is 14.2 Å². The third-order valence-corrected chi connectivity index (χ3v) is 6.13. The lowest BCUT2D eigenvalue weighted by atomic mass is 10.1. The zero-order valence-electron chi connectivity index (χ0n) is 18.7. The highest BCUT2D eigenvalue weighted by molar-refractivity contribution is 6.55. The molecule has 0 radical (unpaired) electrons. The molecule has 9 heteroatoms. The van der Waals surface area contributed by atoms with Crippen molar-refractivity contribution in [3.05, 3.63) is 62.6 Å². The van der Waals surface area contributed by atoms with Gasteiger partial charge in [-0.05, 0) is 62.4 Å². The molecule has 0 bridgehead atoms. The third kappa shape index (κ3) is 8.46. The Bertz CT molecular complexity index is 948. The fourth-order valence-electron chi connectivity index (χ4n) is 3.50. The summed E-state index contributed by atoms with van der Waals surface area (Å²) in [6.45, 7) is 2.86. The average molecular weight is 547 g/mol. The van der Waals surface area contributed by atoms with E-state index in [0.717, 1.165) is 44.5 Å². The van der Waals surface area contributed by atoms with Crippen molar-refractivity contribution in [2.24, 2.45) is 0 Å². The van der Waals surface area contributed by atoms with Gasteiger partial charge in [-0.1, -0.05) is 46.4 Å². The number of carbonyl (C=O) groups is 1. The monoisotopic (exact) mass is 545 g/mol. The van der Waals surface area contributed by atoms with Crippen LogP contribution in [-0.2, 0) is 0 Å². The van der Waals surface area contributed by atoms with Gasteiger partial charge in [-0.15, -0.1) is 0 Å². The highest BCUT2D eigenvalue weighted by Crippen LogP contribution is 2.37. The van der Waals surface area contributed by atoms with E-state index in [1.807, 2.05) is 29.2 Å². The van der Waals surface area contributed by atoms with Crippen molar-refractivity contribution >= 4 is 52.3 Å². The standard InChI is InChI=1S/C25H27Cl4NO4/c26-21-16-20(33-15-10-23(28)29)17-22(27)24(21)34-14-5-4-13-32-19-8-6-18(7-9-19)25(31)30-11-2-1-3-12-30/h6-10,16-17H,1-5,11-15H2. The van der Waals surface area contributed by atoms with Crippen molar-refractivity contribution in [1.82, 2.24) is 4.90 Å². The van der Waals surface area contributed by atoms with E-state index >= 15 is 0 Å². The molecule has 1 heterocycles. The summed E-state index contributed by atoms with van der Waals surface area (Å²) in [5, 5.41) is 0.720. The van der Waals surface area contributed by atoms with Crippen molar-refractivity contribution in [3.8, 4) is 17.2 Å². The summed E-state index contributed by atoms with van der Waals surface area (Å²) in [5.74, 6) is 1.74. The van der Waals surface area contributed by atoms with Crippen LogP contribution >= 0.6 is 46.4 Å². The van der Waals surface area contributed by atoms with Crippen LogP contribution in [0.1, 0.15) is 42.5 Å². The molecule has 0 aromatic heterocycles. The Morgan fingerprint density at radius 3 is 2.09 bits per heavy atom. The maximum absolute atomic E-state index is 12.5. The second kappa shape index (κ2) is 13.9. The number of ether oxygens (including phenoxy) is 3. The SMILES string of the molecule is O=C(c1ccc(OCCCCOc2c(Cl)cc(OCC=C(Cl)Cl)cc2Cl)cc1)N1CCCCC1. The highest BCUT2D eigenvalue weighted by Gasteiger charge is 2.18. The molecule has 5 nitrogen and oxygen atoms in total. The number of benzene rings is 2. The molecule has 0 N–H and O–H groups in total. The van der Waals surface area contributed by atoms with Gasteiger partial charge in [0.05, 0.1) is 23.3 Å². The lowest BCUT2D eigenvalue weighted by molar-refractivity contribution is 0.0724. The smallest absolute Gasteiger partial charge is 0.253 e. The van der Waals surface area contributed by atoms with Crippen molar-refractivity contribution in [2.75, 3.05) is 32.9 Å². The number of amides is 1. The first-order valence-electron chi connectivity index (χ1n) is 11.2. The van der Waals surface area contributed by atoms with E-state index in [9.17, 15) is 4.79 Å². The minimum absolute atomic E-state index is 0.0943. The van der Waals surface area contributed by atoms with Gasteiger partial charge in [-0.2, -0.15) is 0 Å². The second-order valence-corrected chi connectivity index (χ2v) is 9.62. The molecule has 1 aliphatic heterocycles. The van der Waals surface area contributed by atoms with Crippen LogP contribution in [-0.4, -0.2) is 43.7 Å². The van der Waals surface area contributed by atoms with Gasteiger partial charge in [-0.25, -0.2) is 0 Å². The maximum atomic E-state index is 12.5. The maximum Gasteiger partial charge on any atom is 0.253 e. The van der Waals surface area contributed by atoms with E-state index in [1.165, 1.54) is 12.5 Å². The zero-order chi connectivity index (χ0) is 24.3. The quantitative estimate of drug-likeness (QED) is 0.273. The molecule has 0 aliphatic carbocycles. The van der Waals surface area contributed by atoms with Crippen LogP contribution in [0.4, 0.5) is 0 Å². The van der Waals surface area contributed by atoms with Crippen molar-refractivity contribution < 1.29 is 19.0 Å². The van der Waals surface area contributed by atoms with E-state index in [-0.39, 0.29) is 17.0 Å². The number of rotatable bonds is 11. The largest absolute Gasteiger partial charge is 0.494 e. The van der Waals surface area contributed by atoms with E-state index in [4.69, 9.17) is 60.6 Å². The van der Waals surface area contributed by atoms with Gasteiger partial charge < -0.3 is 19.1 Å². The predicted octanol–water partition coefficient (Wildman–Crippen LogP) is 7.56. The number of carbonyl (C=O) groups excluding carboxylic acids is 1. The third-order valence-electron chi connectivity index (χ3n) is 5.26. The molecule has 0 atom stereocenters. The van der Waals surface area contributed by atoms with Crippen LogP contribution in [0.3, 0.4) is 0 Å². The van der Waals surface area contributed by atoms with Gasteiger partial charge in [0.25, 0.3) is 5.91 Å². The molecule has 1 saturated heterocycles. The summed E-state index contributed by atoms with van der Waals surface area (Å²) in [6.07, 6.45) is 6.42. The number of hydrogen-bond acceptors (Lipinski definition) is 4. The lowest BCUT2D eigenvalue weighted by Crippen LogP contribution is -2.35. The summed E-state index contributed by atoms with van der Waals surface area (Å²) < 4.78 is 17.1. The molecule has 34 heavy (non-hydrogen) atoms. The molecule has 2 aromatic rings. The Morgan fingerprint density at radius 1 is 0.853 bits per heavy atom.